The third kappa shape index (κ3) is 12.4. The maximum absolute atomic E-state index is 15.5. The molecule has 0 radical (unpaired) electrons. The molecule has 386 valence electrons. The van der Waals surface area contributed by atoms with Crippen molar-refractivity contribution >= 4 is 60.0 Å². The van der Waals surface area contributed by atoms with E-state index >= 15 is 8.78 Å². The van der Waals surface area contributed by atoms with Gasteiger partial charge in [-0.1, -0.05) is 121 Å². The number of nitrogens with zero attached hydrogens (tertiary/aromatic N) is 1. The predicted molar refractivity (Wildman–Crippen MR) is 280 cm³/mol. The van der Waals surface area contributed by atoms with E-state index in [0.717, 1.165) is 39.7 Å². The highest BCUT2D eigenvalue weighted by molar-refractivity contribution is 8.05. The number of fused-ring (bicyclic) bond motifs is 2. The van der Waals surface area contributed by atoms with Crippen LogP contribution in [0.3, 0.4) is 0 Å². The van der Waals surface area contributed by atoms with Gasteiger partial charge in [0.1, 0.15) is 11.3 Å². The number of rotatable bonds is 21. The first kappa shape index (κ1) is 55.3. The summed E-state index contributed by atoms with van der Waals surface area (Å²) in [5.41, 5.74) is 7.19. The second-order valence-corrected chi connectivity index (χ2v) is 23.8. The SMILES string of the molecule is CCC(C)(C)C(=O)OCCCCC(=O)OCC(F)(F)S(=O)(=O)NS(=O)(=O)c1ccccc1-c1c2ccc(=Nc3c(C(C)C)cccc3C(C)C)cc-2oc2cc(Nc3c(C(C)C)cccc3C(C)C)ccc12. The van der Waals surface area contributed by atoms with Crippen LogP contribution >= 0.6 is 0 Å². The molecule has 2 aliphatic rings. The topological polar surface area (TPSA) is 170 Å². The maximum atomic E-state index is 15.5. The number of unbranched alkanes of at least 4 members (excludes halogenated alkanes) is 1. The van der Waals surface area contributed by atoms with Crippen LogP contribution in [-0.2, 0) is 39.1 Å². The molecule has 0 bridgehead atoms. The van der Waals surface area contributed by atoms with Gasteiger partial charge in [-0.2, -0.15) is 8.78 Å². The van der Waals surface area contributed by atoms with Crippen LogP contribution in [0.5, 0.6) is 0 Å². The van der Waals surface area contributed by atoms with Crippen LogP contribution in [-0.4, -0.2) is 47.2 Å². The van der Waals surface area contributed by atoms with E-state index in [4.69, 9.17) is 14.1 Å². The van der Waals surface area contributed by atoms with E-state index in [0.29, 0.717) is 45.3 Å². The number of anilines is 2. The van der Waals surface area contributed by atoms with Crippen LogP contribution in [0.25, 0.3) is 33.4 Å². The van der Waals surface area contributed by atoms with Crippen molar-refractivity contribution in [2.45, 2.75) is 136 Å². The molecule has 4 aromatic rings. The monoisotopic (exact) mass is 1030 g/mol. The highest BCUT2D eigenvalue weighted by atomic mass is 32.3. The molecule has 0 amide bonds. The molecule has 4 aromatic carbocycles. The number of hydrogen-bond donors (Lipinski definition) is 2. The van der Waals surface area contributed by atoms with Gasteiger partial charge in [0.25, 0.3) is 20.0 Å². The lowest BCUT2D eigenvalue weighted by Gasteiger charge is -2.22. The van der Waals surface area contributed by atoms with Gasteiger partial charge in [-0.15, -0.1) is 0 Å². The van der Waals surface area contributed by atoms with Crippen molar-refractivity contribution in [3.8, 4) is 22.5 Å². The Bertz CT molecular complexity index is 3160. The summed E-state index contributed by atoms with van der Waals surface area (Å²) >= 11 is 0. The average molecular weight is 1030 g/mol. The first-order valence-electron chi connectivity index (χ1n) is 24.4. The minimum atomic E-state index is -6.06. The van der Waals surface area contributed by atoms with Crippen molar-refractivity contribution in [1.82, 2.24) is 4.13 Å². The summed E-state index contributed by atoms with van der Waals surface area (Å²) in [6.07, 6.45) is 0.495. The van der Waals surface area contributed by atoms with E-state index in [1.54, 1.807) is 50.2 Å². The van der Waals surface area contributed by atoms with Crippen molar-refractivity contribution in [3.05, 3.63) is 125 Å². The lowest BCUT2D eigenvalue weighted by molar-refractivity contribution is -0.154. The smallest absolute Gasteiger partial charge is 0.393 e. The van der Waals surface area contributed by atoms with Gasteiger partial charge in [0.05, 0.1) is 28.0 Å². The quantitative estimate of drug-likeness (QED) is 0.0402. The van der Waals surface area contributed by atoms with E-state index in [9.17, 15) is 26.4 Å². The number of benzene rings is 5. The summed E-state index contributed by atoms with van der Waals surface area (Å²) in [5.74, 6) is -0.538. The van der Waals surface area contributed by atoms with E-state index in [2.05, 4.69) is 89.7 Å². The van der Waals surface area contributed by atoms with E-state index < -0.39 is 54.2 Å². The average Bonchev–Trinajstić information content (AvgIpc) is 3.31. The Hall–Kier alpha value is -5.97. The van der Waals surface area contributed by atoms with Crippen LogP contribution < -0.4 is 14.8 Å². The van der Waals surface area contributed by atoms with Crippen molar-refractivity contribution in [3.63, 3.8) is 0 Å². The van der Waals surface area contributed by atoms with Crippen molar-refractivity contribution < 1.29 is 49.1 Å². The molecule has 12 nitrogen and oxygen atoms in total. The normalized spacial score (nSPS) is 13.0. The summed E-state index contributed by atoms with van der Waals surface area (Å²) in [5, 5.41) is -0.240. The zero-order valence-electron chi connectivity index (χ0n) is 43.0. The molecule has 0 fully saturated rings. The molecule has 0 aromatic heterocycles. The number of para-hydroxylation sites is 2. The van der Waals surface area contributed by atoms with Gasteiger partial charge < -0.3 is 19.2 Å². The van der Waals surface area contributed by atoms with Crippen LogP contribution in [0.4, 0.5) is 25.8 Å². The van der Waals surface area contributed by atoms with Gasteiger partial charge >= 0.3 is 17.2 Å². The molecule has 72 heavy (non-hydrogen) atoms. The molecule has 16 heteroatoms. The van der Waals surface area contributed by atoms with Gasteiger partial charge in [-0.25, -0.2) is 21.8 Å². The molecule has 2 N–H and O–H groups in total. The third-order valence-corrected chi connectivity index (χ3v) is 16.4. The van der Waals surface area contributed by atoms with Gasteiger partial charge in [-0.3, -0.25) is 9.59 Å². The first-order chi connectivity index (χ1) is 33.8. The largest absolute Gasteiger partial charge is 0.465 e. The van der Waals surface area contributed by atoms with Gasteiger partial charge in [0, 0.05) is 52.0 Å². The van der Waals surface area contributed by atoms with Gasteiger partial charge in [-0.05, 0) is 109 Å². The summed E-state index contributed by atoms with van der Waals surface area (Å²) < 4.78 is 104. The summed E-state index contributed by atoms with van der Waals surface area (Å²) in [6.45, 7) is 20.2. The zero-order valence-corrected chi connectivity index (χ0v) is 44.6. The minimum Gasteiger partial charge on any atom is -0.465 e. The standard InChI is InChI=1S/C56H67F2N3O9S2/c1-12-55(10,11)54(63)68-30-16-15-25-50(62)69-33-56(57,58)72(66,67)61-71(64,65)49-24-14-13-19-46(49)51-44-28-26-38(59-52-40(34(2)3)20-17-21-41(52)35(4)5)31-47(44)70-48-32-39(27-29-45(48)51)60-53-42(36(6)7)22-18-23-43(53)37(8)9/h13-14,17-24,26-29,31-32,34-37,59,61H,12,15-16,25,30,33H2,1-11H3. The van der Waals surface area contributed by atoms with E-state index in [-0.39, 0.29) is 55.1 Å². The van der Waals surface area contributed by atoms with Crippen LogP contribution in [0.2, 0.25) is 0 Å². The fraction of sp³-hybridized carbons (Fsp3) is 0.411. The molecule has 6 rings (SSSR count). The number of halogens is 2. The Labute approximate surface area is 423 Å². The van der Waals surface area contributed by atoms with Crippen LogP contribution in [0.15, 0.2) is 111 Å². The molecule has 0 atom stereocenters. The fourth-order valence-corrected chi connectivity index (χ4v) is 11.2. The Morgan fingerprint density at radius 1 is 0.708 bits per heavy atom. The van der Waals surface area contributed by atoms with Gasteiger partial charge in [0.2, 0.25) is 0 Å². The lowest BCUT2D eigenvalue weighted by Crippen LogP contribution is -2.45. The van der Waals surface area contributed by atoms with E-state index in [1.807, 2.05) is 25.1 Å². The summed E-state index contributed by atoms with van der Waals surface area (Å²) in [4.78, 5) is 29.2. The molecule has 1 aliphatic heterocycles. The Balaban J connectivity index is 1.41. The highest BCUT2D eigenvalue weighted by Gasteiger charge is 2.49. The number of carbonyl (C=O) groups excluding carboxylic acids is 2. The predicted octanol–water partition coefficient (Wildman–Crippen LogP) is 13.6. The van der Waals surface area contributed by atoms with Gasteiger partial charge in [0.15, 0.2) is 6.61 Å². The number of carbonyl (C=O) groups is 2. The summed E-state index contributed by atoms with van der Waals surface area (Å²) in [7, 11) is -11.4. The molecule has 0 saturated carbocycles. The number of hydrogen-bond acceptors (Lipinski definition) is 11. The molecule has 0 unspecified atom stereocenters. The number of alkyl halides is 2. The van der Waals surface area contributed by atoms with Crippen LogP contribution in [0, 0.1) is 5.41 Å². The molecule has 1 heterocycles. The van der Waals surface area contributed by atoms with Crippen molar-refractivity contribution in [1.29, 1.82) is 0 Å². The number of esters is 2. The highest BCUT2D eigenvalue weighted by Crippen LogP contribution is 2.44. The molecule has 0 saturated heterocycles. The number of nitrogens with one attached hydrogen (secondary N) is 2. The first-order valence-corrected chi connectivity index (χ1v) is 27.4. The molecular formula is C56H67F2N3O9S2. The van der Waals surface area contributed by atoms with Crippen LogP contribution in [0.1, 0.15) is 148 Å². The lowest BCUT2D eigenvalue weighted by atomic mass is 9.91. The maximum Gasteiger partial charge on any atom is 0.393 e. The summed E-state index contributed by atoms with van der Waals surface area (Å²) in [6, 6.07) is 28.5. The van der Waals surface area contributed by atoms with Crippen molar-refractivity contribution in [2.75, 3.05) is 18.5 Å². The van der Waals surface area contributed by atoms with E-state index in [1.165, 1.54) is 16.3 Å². The Morgan fingerprint density at radius 2 is 1.31 bits per heavy atom. The second kappa shape index (κ2) is 22.4. The Morgan fingerprint density at radius 3 is 1.90 bits per heavy atom. The molecule has 1 aliphatic carbocycles. The molecule has 0 spiro atoms. The Kier molecular flexibility index (Phi) is 17.2. The minimum absolute atomic E-state index is 0.00502. The van der Waals surface area contributed by atoms with Crippen molar-refractivity contribution in [2.24, 2.45) is 10.4 Å². The zero-order chi connectivity index (χ0) is 52.9. The number of sulfonamides is 2. The second-order valence-electron chi connectivity index (χ2n) is 20.0. The third-order valence-electron chi connectivity index (χ3n) is 12.8. The fourth-order valence-electron chi connectivity index (χ4n) is 8.27. The number of ether oxygens (including phenoxy) is 2. The molecular weight excluding hydrogens is 961 g/mol.